The van der Waals surface area contributed by atoms with Crippen LogP contribution in [0, 0.1) is 0 Å². The lowest BCUT2D eigenvalue weighted by Crippen LogP contribution is -2.16. The van der Waals surface area contributed by atoms with Crippen LogP contribution in [0.15, 0.2) is 10.9 Å². The summed E-state index contributed by atoms with van der Waals surface area (Å²) in [7, 11) is 1.63. The second kappa shape index (κ2) is 7.34. The van der Waals surface area contributed by atoms with Gasteiger partial charge in [-0.3, -0.25) is 9.78 Å². The highest BCUT2D eigenvalue weighted by molar-refractivity contribution is 7.99. The molecule has 0 fully saturated rings. The maximum Gasteiger partial charge on any atom is 0.252 e. The topological polar surface area (TPSA) is 67.0 Å². The lowest BCUT2D eigenvalue weighted by atomic mass is 10.4. The van der Waals surface area contributed by atoms with Crippen molar-refractivity contribution in [2.45, 2.75) is 24.9 Å². The molecule has 17 heavy (non-hydrogen) atoms. The second-order valence-electron chi connectivity index (χ2n) is 3.86. The maximum atomic E-state index is 11.4. The van der Waals surface area contributed by atoms with Gasteiger partial charge in [0.15, 0.2) is 0 Å². The summed E-state index contributed by atoms with van der Waals surface area (Å²) in [6.45, 7) is 5.44. The highest BCUT2D eigenvalue weighted by Crippen LogP contribution is 2.14. The van der Waals surface area contributed by atoms with Gasteiger partial charge >= 0.3 is 0 Å². The molecule has 0 unspecified atom stereocenters. The number of rotatable bonds is 7. The Kier molecular flexibility index (Phi) is 6.07. The van der Waals surface area contributed by atoms with Crippen LogP contribution in [-0.2, 0) is 10.5 Å². The smallest absolute Gasteiger partial charge is 0.252 e. The minimum atomic E-state index is -0.126. The first-order valence-corrected chi connectivity index (χ1v) is 6.61. The molecule has 1 aromatic rings. The van der Waals surface area contributed by atoms with E-state index in [2.05, 4.69) is 29.1 Å². The van der Waals surface area contributed by atoms with E-state index in [1.165, 1.54) is 6.07 Å². The van der Waals surface area contributed by atoms with E-state index < -0.39 is 0 Å². The van der Waals surface area contributed by atoms with Gasteiger partial charge in [0.25, 0.3) is 5.56 Å². The first-order chi connectivity index (χ1) is 8.11. The van der Waals surface area contributed by atoms with Crippen molar-refractivity contribution in [3.8, 4) is 0 Å². The molecule has 5 nitrogen and oxygen atoms in total. The van der Waals surface area contributed by atoms with Crippen LogP contribution in [0.4, 0.5) is 5.95 Å². The van der Waals surface area contributed by atoms with E-state index in [0.29, 0.717) is 24.3 Å². The number of nitrogens with one attached hydrogen (secondary N) is 2. The fourth-order valence-electron chi connectivity index (χ4n) is 1.19. The van der Waals surface area contributed by atoms with E-state index in [9.17, 15) is 4.79 Å². The van der Waals surface area contributed by atoms with Crippen LogP contribution in [-0.4, -0.2) is 35.5 Å². The van der Waals surface area contributed by atoms with Crippen LogP contribution < -0.4 is 10.9 Å². The molecule has 0 saturated heterocycles. The molecule has 1 heterocycles. The van der Waals surface area contributed by atoms with Gasteiger partial charge in [0.2, 0.25) is 5.95 Å². The summed E-state index contributed by atoms with van der Waals surface area (Å²) in [5.41, 5.74) is 0.673. The van der Waals surface area contributed by atoms with Crippen LogP contribution >= 0.6 is 11.8 Å². The molecular weight excluding hydrogens is 238 g/mol. The summed E-state index contributed by atoms with van der Waals surface area (Å²) in [5.74, 6) is 1.26. The first kappa shape index (κ1) is 14.1. The molecule has 1 aromatic heterocycles. The van der Waals surface area contributed by atoms with Crippen molar-refractivity contribution in [3.63, 3.8) is 0 Å². The van der Waals surface area contributed by atoms with E-state index in [1.807, 2.05) is 0 Å². The average Bonchev–Trinajstić information content (AvgIpc) is 2.26. The quantitative estimate of drug-likeness (QED) is 0.724. The Morgan fingerprint density at radius 1 is 1.59 bits per heavy atom. The van der Waals surface area contributed by atoms with Gasteiger partial charge in [0.05, 0.1) is 12.3 Å². The third-order valence-electron chi connectivity index (χ3n) is 1.96. The Hall–Kier alpha value is -1.01. The zero-order valence-corrected chi connectivity index (χ0v) is 11.3. The molecule has 1 rings (SSSR count). The minimum Gasteiger partial charge on any atom is -0.383 e. The summed E-state index contributed by atoms with van der Waals surface area (Å²) in [4.78, 5) is 18.4. The number of aromatic nitrogens is 2. The van der Waals surface area contributed by atoms with Crippen molar-refractivity contribution in [2.24, 2.45) is 0 Å². The average molecular weight is 257 g/mol. The summed E-state index contributed by atoms with van der Waals surface area (Å²) < 4.78 is 4.92. The van der Waals surface area contributed by atoms with Crippen molar-refractivity contribution in [3.05, 3.63) is 22.1 Å². The molecule has 0 radical (unpaired) electrons. The van der Waals surface area contributed by atoms with E-state index in [1.54, 1.807) is 18.9 Å². The fourth-order valence-corrected chi connectivity index (χ4v) is 1.84. The summed E-state index contributed by atoms with van der Waals surface area (Å²) in [5, 5.41) is 3.54. The molecule has 0 aliphatic rings. The molecule has 2 N–H and O–H groups in total. The van der Waals surface area contributed by atoms with Crippen LogP contribution in [0.25, 0.3) is 0 Å². The van der Waals surface area contributed by atoms with Gasteiger partial charge in [-0.05, 0) is 5.25 Å². The van der Waals surface area contributed by atoms with Crippen molar-refractivity contribution in [1.29, 1.82) is 0 Å². The summed E-state index contributed by atoms with van der Waals surface area (Å²) >= 11 is 1.76. The summed E-state index contributed by atoms with van der Waals surface area (Å²) in [6, 6.07) is 1.54. The Labute approximate surface area is 105 Å². The highest BCUT2D eigenvalue weighted by atomic mass is 32.2. The minimum absolute atomic E-state index is 0.126. The van der Waals surface area contributed by atoms with E-state index >= 15 is 0 Å². The number of hydrogen-bond acceptors (Lipinski definition) is 5. The van der Waals surface area contributed by atoms with E-state index in [-0.39, 0.29) is 5.56 Å². The second-order valence-corrected chi connectivity index (χ2v) is 5.43. The number of anilines is 1. The SMILES string of the molecule is COCCNc1nc(CSC(C)C)cc(=O)[nH]1. The monoisotopic (exact) mass is 257 g/mol. The number of thioether (sulfide) groups is 1. The van der Waals surface area contributed by atoms with Crippen molar-refractivity contribution in [1.82, 2.24) is 9.97 Å². The molecule has 0 aliphatic carbocycles. The fraction of sp³-hybridized carbons (Fsp3) is 0.636. The molecule has 0 saturated carbocycles. The molecule has 96 valence electrons. The van der Waals surface area contributed by atoms with Gasteiger partial charge in [-0.2, -0.15) is 11.8 Å². The maximum absolute atomic E-state index is 11.4. The van der Waals surface area contributed by atoms with Gasteiger partial charge in [-0.1, -0.05) is 13.8 Å². The van der Waals surface area contributed by atoms with E-state index in [0.717, 1.165) is 11.4 Å². The molecule has 6 heteroatoms. The molecule has 0 aliphatic heterocycles. The lowest BCUT2D eigenvalue weighted by molar-refractivity contribution is 0.210. The molecule has 0 amide bonds. The van der Waals surface area contributed by atoms with E-state index in [4.69, 9.17) is 4.74 Å². The molecule has 0 aromatic carbocycles. The largest absolute Gasteiger partial charge is 0.383 e. The van der Waals surface area contributed by atoms with Crippen molar-refractivity contribution < 1.29 is 4.74 Å². The number of ether oxygens (including phenoxy) is 1. The van der Waals surface area contributed by atoms with Crippen LogP contribution in [0.2, 0.25) is 0 Å². The van der Waals surface area contributed by atoms with Gasteiger partial charge in [0, 0.05) is 25.5 Å². The number of H-pyrrole nitrogens is 1. The predicted octanol–water partition coefficient (Wildman–Crippen LogP) is 1.47. The normalized spacial score (nSPS) is 10.8. The van der Waals surface area contributed by atoms with Crippen LogP contribution in [0.5, 0.6) is 0 Å². The number of hydrogen-bond donors (Lipinski definition) is 2. The van der Waals surface area contributed by atoms with Gasteiger partial charge in [0.1, 0.15) is 0 Å². The Morgan fingerprint density at radius 3 is 3.00 bits per heavy atom. The molecule has 0 spiro atoms. The highest BCUT2D eigenvalue weighted by Gasteiger charge is 2.02. The lowest BCUT2D eigenvalue weighted by Gasteiger charge is -2.07. The number of methoxy groups -OCH3 is 1. The number of nitrogens with zero attached hydrogens (tertiary/aromatic N) is 1. The third-order valence-corrected chi connectivity index (χ3v) is 3.09. The standard InChI is InChI=1S/C11H19N3O2S/c1-8(2)17-7-9-6-10(15)14-11(13-9)12-4-5-16-3/h6,8H,4-5,7H2,1-3H3,(H2,12,13,14,15). The van der Waals surface area contributed by atoms with Gasteiger partial charge in [-0.25, -0.2) is 4.98 Å². The van der Waals surface area contributed by atoms with Gasteiger partial charge in [-0.15, -0.1) is 0 Å². The van der Waals surface area contributed by atoms with Gasteiger partial charge < -0.3 is 10.1 Å². The number of aromatic amines is 1. The molecule has 0 bridgehead atoms. The first-order valence-electron chi connectivity index (χ1n) is 5.56. The zero-order chi connectivity index (χ0) is 12.7. The van der Waals surface area contributed by atoms with Crippen molar-refractivity contribution >= 4 is 17.7 Å². The van der Waals surface area contributed by atoms with Crippen LogP contribution in [0.3, 0.4) is 0 Å². The zero-order valence-electron chi connectivity index (χ0n) is 10.4. The molecule has 0 atom stereocenters. The Balaban J connectivity index is 2.62. The summed E-state index contributed by atoms with van der Waals surface area (Å²) in [6.07, 6.45) is 0. The predicted molar refractivity (Wildman–Crippen MR) is 71.7 cm³/mol. The molecular formula is C11H19N3O2S. The Morgan fingerprint density at radius 2 is 2.35 bits per heavy atom. The van der Waals surface area contributed by atoms with Crippen molar-refractivity contribution in [2.75, 3.05) is 25.6 Å². The third kappa shape index (κ3) is 5.74. The Bertz CT molecular complexity index is 393. The van der Waals surface area contributed by atoms with Crippen LogP contribution in [0.1, 0.15) is 19.5 Å².